The van der Waals surface area contributed by atoms with E-state index in [9.17, 15) is 14.8 Å². The quantitative estimate of drug-likeness (QED) is 0.131. The van der Waals surface area contributed by atoms with E-state index in [0.29, 0.717) is 29.1 Å². The lowest BCUT2D eigenvalue weighted by Crippen LogP contribution is -2.19. The zero-order valence-corrected chi connectivity index (χ0v) is 26.7. The van der Waals surface area contributed by atoms with Gasteiger partial charge in [0.05, 0.1) is 44.6 Å². The Bertz CT molecular complexity index is 1880. The zero-order chi connectivity index (χ0) is 33.5. The molecule has 6 rings (SSSR count). The Morgan fingerprint density at radius 2 is 1.23 bits per heavy atom. The van der Waals surface area contributed by atoms with Gasteiger partial charge in [-0.05, 0) is 72.0 Å². The van der Waals surface area contributed by atoms with Crippen molar-refractivity contribution in [3.8, 4) is 11.5 Å². The smallest absolute Gasteiger partial charge is 0.341 e. The van der Waals surface area contributed by atoms with Crippen LogP contribution in [-0.4, -0.2) is 50.3 Å². The number of benzene rings is 4. The molecule has 1 atom stereocenters. The molecule has 9 nitrogen and oxygen atoms in total. The molecule has 2 aliphatic carbocycles. The Balaban J connectivity index is 0.000000185. The molecule has 240 valence electrons. The number of rotatable bonds is 8. The van der Waals surface area contributed by atoms with Gasteiger partial charge in [-0.15, -0.1) is 0 Å². The van der Waals surface area contributed by atoms with E-state index in [2.05, 4.69) is 5.16 Å². The zero-order valence-electron chi connectivity index (χ0n) is 26.7. The normalized spacial score (nSPS) is 15.4. The first-order chi connectivity index (χ1) is 22.9. The van der Waals surface area contributed by atoms with Gasteiger partial charge in [-0.1, -0.05) is 71.9 Å². The Morgan fingerprint density at radius 1 is 0.702 bits per heavy atom. The highest BCUT2D eigenvalue weighted by molar-refractivity contribution is 6.37. The van der Waals surface area contributed by atoms with Gasteiger partial charge < -0.3 is 29.9 Å². The number of hydrogen-bond acceptors (Lipinski definition) is 9. The van der Waals surface area contributed by atoms with Crippen LogP contribution >= 0.6 is 0 Å². The average molecular weight is 633 g/mol. The third-order valence-electron chi connectivity index (χ3n) is 7.88. The van der Waals surface area contributed by atoms with E-state index >= 15 is 0 Å². The van der Waals surface area contributed by atoms with Crippen molar-refractivity contribution in [2.24, 2.45) is 10.9 Å². The van der Waals surface area contributed by atoms with E-state index in [0.717, 1.165) is 39.1 Å². The number of oxime groups is 1. The summed E-state index contributed by atoms with van der Waals surface area (Å²) in [5.41, 5.74) is 13.9. The molecule has 3 N–H and O–H groups in total. The maximum absolute atomic E-state index is 12.5. The second-order valence-corrected chi connectivity index (χ2v) is 10.5. The first-order valence-electron chi connectivity index (χ1n) is 15.2. The largest absolute Gasteiger partial charge is 0.497 e. The summed E-state index contributed by atoms with van der Waals surface area (Å²) in [5.74, 6) is 0.456. The summed E-state index contributed by atoms with van der Waals surface area (Å²) in [6, 6.07) is 29.9. The summed E-state index contributed by atoms with van der Waals surface area (Å²) in [6.45, 7) is 4.08. The van der Waals surface area contributed by atoms with Gasteiger partial charge in [-0.3, -0.25) is 0 Å². The first-order valence-corrected chi connectivity index (χ1v) is 15.2. The summed E-state index contributed by atoms with van der Waals surface area (Å²) in [6.07, 6.45) is 0. The van der Waals surface area contributed by atoms with Crippen molar-refractivity contribution in [1.29, 1.82) is 0 Å². The maximum Gasteiger partial charge on any atom is 0.341 e. The molecule has 9 heteroatoms. The van der Waals surface area contributed by atoms with E-state index in [1.807, 2.05) is 91.0 Å². The molecule has 1 unspecified atom stereocenters. The van der Waals surface area contributed by atoms with E-state index in [1.54, 1.807) is 34.1 Å². The van der Waals surface area contributed by atoms with Crippen molar-refractivity contribution >= 4 is 28.8 Å². The molecule has 4 aromatic carbocycles. The molecular weight excluding hydrogens is 596 g/mol. The van der Waals surface area contributed by atoms with Crippen molar-refractivity contribution in [2.75, 3.05) is 27.4 Å². The Hall–Kier alpha value is -5.67. The lowest BCUT2D eigenvalue weighted by Gasteiger charge is -2.11. The number of fused-ring (bicyclic) bond motifs is 2. The number of nitrogens with two attached hydrogens (primary N) is 1. The van der Waals surface area contributed by atoms with Crippen LogP contribution in [0.4, 0.5) is 0 Å². The molecule has 2 aliphatic rings. The van der Waals surface area contributed by atoms with Crippen LogP contribution in [0.15, 0.2) is 113 Å². The van der Waals surface area contributed by atoms with E-state index in [-0.39, 0.29) is 23.9 Å². The van der Waals surface area contributed by atoms with Gasteiger partial charge in [0.2, 0.25) is 0 Å². The summed E-state index contributed by atoms with van der Waals surface area (Å²) < 4.78 is 20.9. The van der Waals surface area contributed by atoms with Crippen molar-refractivity contribution in [3.63, 3.8) is 0 Å². The average Bonchev–Trinajstić information content (AvgIpc) is 3.60. The van der Waals surface area contributed by atoms with Crippen LogP contribution in [0, 0.1) is 0 Å². The number of esters is 2. The molecule has 0 fully saturated rings. The molecule has 0 heterocycles. The molecule has 4 aromatic rings. The van der Waals surface area contributed by atoms with Crippen LogP contribution in [0.2, 0.25) is 0 Å². The van der Waals surface area contributed by atoms with Crippen LogP contribution in [0.25, 0.3) is 11.1 Å². The van der Waals surface area contributed by atoms with Crippen LogP contribution < -0.4 is 15.2 Å². The Labute approximate surface area is 273 Å². The third kappa shape index (κ3) is 6.39. The van der Waals surface area contributed by atoms with Gasteiger partial charge in [-0.2, -0.15) is 0 Å². The molecule has 0 aromatic heterocycles. The molecule has 0 bridgehead atoms. The maximum atomic E-state index is 12.5. The van der Waals surface area contributed by atoms with Crippen molar-refractivity contribution in [2.45, 2.75) is 19.9 Å². The summed E-state index contributed by atoms with van der Waals surface area (Å²) >= 11 is 0. The minimum atomic E-state index is -0.519. The number of carbonyl (C=O) groups excluding carboxylic acids is 2. The van der Waals surface area contributed by atoms with Crippen LogP contribution in [-0.2, 0) is 19.1 Å². The Morgan fingerprint density at radius 3 is 1.79 bits per heavy atom. The first kappa shape index (κ1) is 32.7. The lowest BCUT2D eigenvalue weighted by atomic mass is 9.97. The van der Waals surface area contributed by atoms with Crippen LogP contribution in [0.3, 0.4) is 0 Å². The number of carbonyl (C=O) groups is 2. The van der Waals surface area contributed by atoms with Crippen LogP contribution in [0.5, 0.6) is 11.5 Å². The fraction of sp³-hybridized carbons (Fsp3) is 0.184. The fourth-order valence-electron chi connectivity index (χ4n) is 5.83. The summed E-state index contributed by atoms with van der Waals surface area (Å²) in [7, 11) is 3.17. The minimum absolute atomic E-state index is 0.196. The highest BCUT2D eigenvalue weighted by atomic mass is 16.5. The highest BCUT2D eigenvalue weighted by Gasteiger charge is 2.36. The minimum Gasteiger partial charge on any atom is -0.497 e. The molecule has 0 saturated carbocycles. The highest BCUT2D eigenvalue weighted by Crippen LogP contribution is 2.44. The SMILES string of the molecule is CCOC(=O)C1=C(c2ccccc2)c2ccc(OC)cc2/C1=N/O.CCOC(=O)C1=C(c2ccccc2)c2ccc(OC)cc2C1N. The topological polar surface area (TPSA) is 130 Å². The van der Waals surface area contributed by atoms with Gasteiger partial charge in [0.25, 0.3) is 0 Å². The fourth-order valence-corrected chi connectivity index (χ4v) is 5.83. The lowest BCUT2D eigenvalue weighted by molar-refractivity contribution is -0.139. The molecule has 0 saturated heterocycles. The van der Waals surface area contributed by atoms with E-state index in [4.69, 9.17) is 24.7 Å². The number of methoxy groups -OCH3 is 2. The van der Waals surface area contributed by atoms with E-state index in [1.165, 1.54) is 0 Å². The molecule has 0 amide bonds. The molecular formula is C38H36N2O7. The summed E-state index contributed by atoms with van der Waals surface area (Å²) in [4.78, 5) is 25.0. The number of hydrogen-bond donors (Lipinski definition) is 2. The molecule has 0 radical (unpaired) electrons. The van der Waals surface area contributed by atoms with Crippen molar-refractivity contribution < 1.29 is 33.7 Å². The predicted molar refractivity (Wildman–Crippen MR) is 179 cm³/mol. The van der Waals surface area contributed by atoms with Gasteiger partial charge in [0.15, 0.2) is 0 Å². The standard InChI is InChI=1S/C19H17NO4.C19H19NO3/c1-3-24-19(21)17-16(12-7-5-4-6-8-12)14-10-9-13(23-2)11-15(14)18(17)20-22;1-3-23-19(21)17-16(12-7-5-4-6-8-12)14-10-9-13(22-2)11-15(14)18(17)20/h4-11,22H,3H2,1-2H3;4-11,18H,3,20H2,1-2H3/b20-18-;. The van der Waals surface area contributed by atoms with Gasteiger partial charge in [0, 0.05) is 16.7 Å². The molecule has 0 aliphatic heterocycles. The number of ether oxygens (including phenoxy) is 4. The van der Waals surface area contributed by atoms with E-state index < -0.39 is 12.0 Å². The predicted octanol–water partition coefficient (Wildman–Crippen LogP) is 6.33. The second kappa shape index (κ2) is 14.6. The van der Waals surface area contributed by atoms with Gasteiger partial charge >= 0.3 is 11.9 Å². The van der Waals surface area contributed by atoms with Crippen LogP contribution in [0.1, 0.15) is 53.3 Å². The number of nitrogens with zero attached hydrogens (tertiary/aromatic N) is 1. The molecule has 47 heavy (non-hydrogen) atoms. The van der Waals surface area contributed by atoms with Crippen molar-refractivity contribution in [1.82, 2.24) is 0 Å². The Kier molecular flexibility index (Phi) is 10.2. The third-order valence-corrected chi connectivity index (χ3v) is 7.88. The summed E-state index contributed by atoms with van der Waals surface area (Å²) in [5, 5.41) is 12.9. The van der Waals surface area contributed by atoms with Crippen molar-refractivity contribution in [3.05, 3.63) is 142 Å². The second-order valence-electron chi connectivity index (χ2n) is 10.5. The van der Waals surface area contributed by atoms with Gasteiger partial charge in [-0.25, -0.2) is 9.59 Å². The monoisotopic (exact) mass is 632 g/mol. The van der Waals surface area contributed by atoms with Gasteiger partial charge in [0.1, 0.15) is 17.2 Å². The molecule has 0 spiro atoms.